The van der Waals surface area contributed by atoms with E-state index in [4.69, 9.17) is 21.7 Å². The van der Waals surface area contributed by atoms with Gasteiger partial charge in [0.15, 0.2) is 0 Å². The number of thiocarbonyl (C=S) groups is 1. The summed E-state index contributed by atoms with van der Waals surface area (Å²) in [6.07, 6.45) is 3.59. The van der Waals surface area contributed by atoms with Gasteiger partial charge in [0, 0.05) is 25.8 Å². The maximum Gasteiger partial charge on any atom is 0.270 e. The number of benzene rings is 1. The molecule has 2 aromatic rings. The fourth-order valence-electron chi connectivity index (χ4n) is 4.15. The molecule has 35 heavy (non-hydrogen) atoms. The van der Waals surface area contributed by atoms with Crippen LogP contribution < -0.4 is 15.6 Å². The van der Waals surface area contributed by atoms with Crippen LogP contribution in [0.5, 0.6) is 5.75 Å². The molecule has 2 aliphatic heterocycles. The van der Waals surface area contributed by atoms with Gasteiger partial charge >= 0.3 is 0 Å². The van der Waals surface area contributed by atoms with Crippen LogP contribution in [0.15, 0.2) is 34.0 Å². The first-order valence-electron chi connectivity index (χ1n) is 11.2. The second-order valence-corrected chi connectivity index (χ2v) is 10.0. The summed E-state index contributed by atoms with van der Waals surface area (Å²) in [5.74, 6) is 1.08. The van der Waals surface area contributed by atoms with E-state index in [-0.39, 0.29) is 17.6 Å². The molecule has 2 saturated heterocycles. The number of nitrogens with one attached hydrogen (secondary N) is 1. The SMILES string of the molecule is COc1ccc(CNc2c(/C=C3/SC(=S)N(CC4CCCO4)C3=O)c(C)c(C#N)c(=O)n2C)cc1. The van der Waals surface area contributed by atoms with E-state index in [1.807, 2.05) is 30.3 Å². The van der Waals surface area contributed by atoms with Crippen molar-refractivity contribution in [2.24, 2.45) is 7.05 Å². The van der Waals surface area contributed by atoms with Gasteiger partial charge in [0.2, 0.25) is 0 Å². The molecule has 0 aliphatic carbocycles. The van der Waals surface area contributed by atoms with E-state index < -0.39 is 5.56 Å². The number of nitrogens with zero attached hydrogens (tertiary/aromatic N) is 3. The average Bonchev–Trinajstić information content (AvgIpc) is 3.47. The molecule has 0 bridgehead atoms. The van der Waals surface area contributed by atoms with Crippen molar-refractivity contribution in [1.82, 2.24) is 9.47 Å². The lowest BCUT2D eigenvalue weighted by Crippen LogP contribution is -2.35. The quantitative estimate of drug-likeness (QED) is 0.446. The zero-order valence-corrected chi connectivity index (χ0v) is 21.4. The molecule has 8 nitrogen and oxygen atoms in total. The van der Waals surface area contributed by atoms with Crippen LogP contribution in [0.4, 0.5) is 5.82 Å². The first-order valence-corrected chi connectivity index (χ1v) is 12.4. The van der Waals surface area contributed by atoms with Crippen LogP contribution in [0.3, 0.4) is 0 Å². The topological polar surface area (TPSA) is 96.6 Å². The minimum absolute atomic E-state index is 0.0111. The van der Waals surface area contributed by atoms with Gasteiger partial charge in [0.25, 0.3) is 11.5 Å². The molecular weight excluding hydrogens is 484 g/mol. The highest BCUT2D eigenvalue weighted by Crippen LogP contribution is 2.35. The van der Waals surface area contributed by atoms with Crippen LogP contribution in [0.25, 0.3) is 6.08 Å². The van der Waals surface area contributed by atoms with Crippen molar-refractivity contribution in [3.05, 3.63) is 61.8 Å². The fraction of sp³-hybridized carbons (Fsp3) is 0.360. The molecule has 3 heterocycles. The molecule has 0 spiro atoms. The van der Waals surface area contributed by atoms with E-state index in [1.165, 1.54) is 16.3 Å². The number of anilines is 1. The monoisotopic (exact) mass is 510 g/mol. The van der Waals surface area contributed by atoms with Crippen molar-refractivity contribution in [3.63, 3.8) is 0 Å². The predicted molar refractivity (Wildman–Crippen MR) is 140 cm³/mol. The number of thioether (sulfide) groups is 1. The maximum atomic E-state index is 13.2. The molecule has 2 fully saturated rings. The summed E-state index contributed by atoms with van der Waals surface area (Å²) in [7, 11) is 3.22. The third-order valence-corrected chi connectivity index (χ3v) is 7.56. The third kappa shape index (κ3) is 5.12. The van der Waals surface area contributed by atoms with E-state index in [0.717, 1.165) is 24.2 Å². The Labute approximate surface area is 213 Å². The van der Waals surface area contributed by atoms with Gasteiger partial charge in [-0.1, -0.05) is 36.1 Å². The van der Waals surface area contributed by atoms with Crippen LogP contribution in [0.2, 0.25) is 0 Å². The Kier molecular flexibility index (Phi) is 7.60. The van der Waals surface area contributed by atoms with Crippen LogP contribution in [-0.4, -0.2) is 46.1 Å². The molecule has 1 atom stereocenters. The van der Waals surface area contributed by atoms with E-state index >= 15 is 0 Å². The first kappa shape index (κ1) is 25.0. The molecule has 0 radical (unpaired) electrons. The van der Waals surface area contributed by atoms with Crippen molar-refractivity contribution in [3.8, 4) is 11.8 Å². The highest BCUT2D eigenvalue weighted by Gasteiger charge is 2.35. The number of carbonyl (C=O) groups excluding carboxylic acids is 1. The molecule has 1 N–H and O–H groups in total. The average molecular weight is 511 g/mol. The fourth-order valence-corrected chi connectivity index (χ4v) is 5.41. The molecule has 2 aliphatic rings. The van der Waals surface area contributed by atoms with Crippen LogP contribution in [-0.2, 0) is 23.1 Å². The molecule has 1 amide bonds. The highest BCUT2D eigenvalue weighted by atomic mass is 32.2. The van der Waals surface area contributed by atoms with Crippen molar-refractivity contribution in [2.45, 2.75) is 32.4 Å². The van der Waals surface area contributed by atoms with E-state index in [9.17, 15) is 14.9 Å². The third-order valence-electron chi connectivity index (χ3n) is 6.18. The lowest BCUT2D eigenvalue weighted by molar-refractivity contribution is -0.123. The van der Waals surface area contributed by atoms with Gasteiger partial charge < -0.3 is 14.8 Å². The zero-order valence-electron chi connectivity index (χ0n) is 19.8. The number of aromatic nitrogens is 1. The molecule has 1 aromatic carbocycles. The Bertz CT molecular complexity index is 1290. The summed E-state index contributed by atoms with van der Waals surface area (Å²) in [6, 6.07) is 9.59. The Morgan fingerprint density at radius 3 is 2.71 bits per heavy atom. The van der Waals surface area contributed by atoms with Gasteiger partial charge in [-0.25, -0.2) is 0 Å². The van der Waals surface area contributed by atoms with Crippen molar-refractivity contribution < 1.29 is 14.3 Å². The maximum absolute atomic E-state index is 13.2. The van der Waals surface area contributed by atoms with E-state index in [2.05, 4.69) is 5.32 Å². The van der Waals surface area contributed by atoms with Crippen LogP contribution in [0, 0.1) is 18.3 Å². The summed E-state index contributed by atoms with van der Waals surface area (Å²) >= 11 is 6.70. The molecule has 1 aromatic heterocycles. The smallest absolute Gasteiger partial charge is 0.270 e. The molecule has 4 rings (SSSR count). The van der Waals surface area contributed by atoms with Gasteiger partial charge in [-0.2, -0.15) is 5.26 Å². The van der Waals surface area contributed by atoms with Gasteiger partial charge in [0.05, 0.1) is 24.7 Å². The van der Waals surface area contributed by atoms with E-state index in [0.29, 0.717) is 45.9 Å². The number of carbonyl (C=O) groups is 1. The van der Waals surface area contributed by atoms with Gasteiger partial charge in [-0.3, -0.25) is 19.1 Å². The number of methoxy groups -OCH3 is 1. The van der Waals surface area contributed by atoms with Gasteiger partial charge in [0.1, 0.15) is 27.5 Å². The summed E-state index contributed by atoms with van der Waals surface area (Å²) < 4.78 is 12.8. The van der Waals surface area contributed by atoms with Gasteiger partial charge in [-0.05, 0) is 49.1 Å². The molecule has 182 valence electrons. The van der Waals surface area contributed by atoms with Crippen molar-refractivity contribution in [1.29, 1.82) is 5.26 Å². The molecular formula is C25H26N4O4S2. The molecule has 0 saturated carbocycles. The number of hydrogen-bond acceptors (Lipinski definition) is 8. The summed E-state index contributed by atoms with van der Waals surface area (Å²) in [5.41, 5.74) is 1.75. The molecule has 10 heteroatoms. The number of rotatable bonds is 7. The Balaban J connectivity index is 1.68. The Morgan fingerprint density at radius 1 is 1.34 bits per heavy atom. The van der Waals surface area contributed by atoms with Crippen LogP contribution >= 0.6 is 24.0 Å². The highest BCUT2D eigenvalue weighted by molar-refractivity contribution is 8.26. The van der Waals surface area contributed by atoms with Crippen molar-refractivity contribution >= 4 is 46.1 Å². The standard InChI is InChI=1S/C25H26N4O4S2/c1-15-19(11-21-24(31)29(25(34)35-21)14-18-5-4-10-33-18)22(28(2)23(30)20(15)12-26)27-13-16-6-8-17(32-3)9-7-16/h6-9,11,18,27H,4-5,10,13-14H2,1-3H3/b21-11+. The number of amides is 1. The predicted octanol–water partition coefficient (Wildman–Crippen LogP) is 3.57. The van der Waals surface area contributed by atoms with Gasteiger partial charge in [-0.15, -0.1) is 0 Å². The number of pyridine rings is 1. The second kappa shape index (κ2) is 10.6. The Morgan fingerprint density at radius 2 is 2.09 bits per heavy atom. The lowest BCUT2D eigenvalue weighted by atomic mass is 10.0. The van der Waals surface area contributed by atoms with Crippen molar-refractivity contribution in [2.75, 3.05) is 25.6 Å². The normalized spacial score (nSPS) is 18.9. The van der Waals surface area contributed by atoms with Crippen LogP contribution in [0.1, 0.15) is 35.1 Å². The minimum Gasteiger partial charge on any atom is -0.497 e. The number of hydrogen-bond donors (Lipinski definition) is 1. The second-order valence-electron chi connectivity index (χ2n) is 8.37. The minimum atomic E-state index is -0.398. The largest absolute Gasteiger partial charge is 0.497 e. The number of nitriles is 1. The lowest BCUT2D eigenvalue weighted by Gasteiger charge is -2.19. The summed E-state index contributed by atoms with van der Waals surface area (Å²) in [4.78, 5) is 28.1. The summed E-state index contributed by atoms with van der Waals surface area (Å²) in [5, 5.41) is 12.9. The Hall–Kier alpha value is -3.13. The number of ether oxygens (including phenoxy) is 2. The zero-order chi connectivity index (χ0) is 25.1. The summed E-state index contributed by atoms with van der Waals surface area (Å²) in [6.45, 7) is 3.29. The molecule has 1 unspecified atom stereocenters. The first-order chi connectivity index (χ1) is 16.8. The van der Waals surface area contributed by atoms with E-state index in [1.54, 1.807) is 32.1 Å².